The van der Waals surface area contributed by atoms with Gasteiger partial charge in [-0.25, -0.2) is 0 Å². The van der Waals surface area contributed by atoms with Gasteiger partial charge in [0.2, 0.25) is 11.8 Å². The fourth-order valence-electron chi connectivity index (χ4n) is 6.44. The molecule has 3 N–H and O–H groups in total. The molecule has 1 aliphatic carbocycles. The number of methoxy groups -OCH3 is 1. The Hall–Kier alpha value is -3.40. The van der Waals surface area contributed by atoms with Crippen molar-refractivity contribution in [2.24, 2.45) is 0 Å². The van der Waals surface area contributed by atoms with Gasteiger partial charge in [-0.1, -0.05) is 82.0 Å². The summed E-state index contributed by atoms with van der Waals surface area (Å²) in [4.78, 5) is 40.9. The molecule has 0 spiro atoms. The van der Waals surface area contributed by atoms with Crippen LogP contribution < -0.4 is 14.8 Å². The third-order valence-electron chi connectivity index (χ3n) is 8.85. The van der Waals surface area contributed by atoms with Crippen LogP contribution in [0.3, 0.4) is 0 Å². The molecular formula is C36H47ClN2O7. The second-order valence-electron chi connectivity index (χ2n) is 12.1. The van der Waals surface area contributed by atoms with Gasteiger partial charge in [0.25, 0.3) is 0 Å². The molecule has 250 valence electrons. The summed E-state index contributed by atoms with van der Waals surface area (Å²) in [6.07, 6.45) is 10.6. The van der Waals surface area contributed by atoms with Gasteiger partial charge in [0, 0.05) is 41.2 Å². The molecule has 0 fully saturated rings. The maximum atomic E-state index is 13.9. The van der Waals surface area contributed by atoms with Gasteiger partial charge in [0.1, 0.15) is 18.5 Å². The van der Waals surface area contributed by atoms with E-state index in [1.807, 2.05) is 12.1 Å². The fourth-order valence-corrected chi connectivity index (χ4v) is 6.56. The van der Waals surface area contributed by atoms with Gasteiger partial charge in [-0.05, 0) is 42.3 Å². The summed E-state index contributed by atoms with van der Waals surface area (Å²) in [5, 5.41) is 24.6. The zero-order chi connectivity index (χ0) is 33.1. The van der Waals surface area contributed by atoms with Crippen molar-refractivity contribution in [2.45, 2.75) is 102 Å². The molecule has 10 heteroatoms. The Morgan fingerprint density at radius 2 is 1.72 bits per heavy atom. The van der Waals surface area contributed by atoms with Crippen LogP contribution in [-0.2, 0) is 16.1 Å². The minimum absolute atomic E-state index is 0.0260. The molecule has 2 amide bonds. The molecule has 0 aromatic heterocycles. The number of aliphatic hydroxyl groups excluding tert-OH is 2. The molecule has 0 saturated heterocycles. The Kier molecular flexibility index (Phi) is 13.5. The summed E-state index contributed by atoms with van der Waals surface area (Å²) < 4.78 is 11.8. The Morgan fingerprint density at radius 1 is 1.04 bits per heavy atom. The predicted molar refractivity (Wildman–Crippen MR) is 177 cm³/mol. The maximum absolute atomic E-state index is 13.9. The van der Waals surface area contributed by atoms with E-state index in [9.17, 15) is 24.6 Å². The van der Waals surface area contributed by atoms with E-state index >= 15 is 0 Å². The van der Waals surface area contributed by atoms with E-state index in [2.05, 4.69) is 12.2 Å². The van der Waals surface area contributed by atoms with Gasteiger partial charge in [0.15, 0.2) is 11.5 Å². The first-order chi connectivity index (χ1) is 22.3. The van der Waals surface area contributed by atoms with Crippen LogP contribution in [0.25, 0.3) is 0 Å². The van der Waals surface area contributed by atoms with Crippen LogP contribution in [0.4, 0.5) is 0 Å². The third-order valence-corrected chi connectivity index (χ3v) is 9.10. The van der Waals surface area contributed by atoms with E-state index in [4.69, 9.17) is 21.1 Å². The van der Waals surface area contributed by atoms with E-state index < -0.39 is 30.1 Å². The van der Waals surface area contributed by atoms with Crippen LogP contribution in [-0.4, -0.2) is 71.7 Å². The van der Waals surface area contributed by atoms with Crippen LogP contribution in [0, 0.1) is 0 Å². The number of nitrogens with zero attached hydrogens (tertiary/aromatic N) is 1. The zero-order valence-corrected chi connectivity index (χ0v) is 27.6. The smallest absolute Gasteiger partial charge is 0.247 e. The molecule has 0 saturated carbocycles. The number of carbonyl (C=O) groups excluding carboxylic acids is 3. The van der Waals surface area contributed by atoms with Gasteiger partial charge in [-0.2, -0.15) is 0 Å². The van der Waals surface area contributed by atoms with Crippen molar-refractivity contribution < 1.29 is 34.1 Å². The number of amides is 2. The van der Waals surface area contributed by atoms with Crippen molar-refractivity contribution in [2.75, 3.05) is 20.3 Å². The SMILES string of the molecule is CCCCCCCCCCCC(=O)N(Cc1ccc(Cl)cc1)C1C=C(C(=O)NCCO)C2c3cc(C=O)cc(OC)c3OC2C1O. The van der Waals surface area contributed by atoms with Crippen LogP contribution in [0.15, 0.2) is 48.0 Å². The second kappa shape index (κ2) is 17.5. The highest BCUT2D eigenvalue weighted by Gasteiger charge is 2.51. The highest BCUT2D eigenvalue weighted by molar-refractivity contribution is 6.30. The number of aldehydes is 1. The third kappa shape index (κ3) is 8.69. The minimum atomic E-state index is -1.20. The lowest BCUT2D eigenvalue weighted by atomic mass is 9.77. The molecule has 0 bridgehead atoms. The average Bonchev–Trinajstić information content (AvgIpc) is 3.46. The highest BCUT2D eigenvalue weighted by Crippen LogP contribution is 2.51. The number of aliphatic hydroxyl groups is 2. The number of ether oxygens (including phenoxy) is 2. The summed E-state index contributed by atoms with van der Waals surface area (Å²) in [5.41, 5.74) is 1.99. The number of halogens is 1. The van der Waals surface area contributed by atoms with Crippen LogP contribution >= 0.6 is 11.6 Å². The van der Waals surface area contributed by atoms with Crippen molar-refractivity contribution in [3.63, 3.8) is 0 Å². The first-order valence-electron chi connectivity index (χ1n) is 16.5. The first kappa shape index (κ1) is 35.5. The molecule has 2 aromatic rings. The molecule has 2 aliphatic rings. The van der Waals surface area contributed by atoms with E-state index in [0.717, 1.165) is 31.2 Å². The van der Waals surface area contributed by atoms with E-state index in [1.165, 1.54) is 39.2 Å². The lowest BCUT2D eigenvalue weighted by Gasteiger charge is -2.41. The average molecular weight is 655 g/mol. The van der Waals surface area contributed by atoms with Crippen molar-refractivity contribution >= 4 is 29.7 Å². The summed E-state index contributed by atoms with van der Waals surface area (Å²) >= 11 is 6.13. The van der Waals surface area contributed by atoms with Crippen molar-refractivity contribution in [3.05, 3.63) is 69.8 Å². The van der Waals surface area contributed by atoms with Gasteiger partial charge in [-0.15, -0.1) is 0 Å². The number of hydrogen-bond donors (Lipinski definition) is 3. The summed E-state index contributed by atoms with van der Waals surface area (Å²) in [6, 6.07) is 9.48. The molecule has 4 unspecified atom stereocenters. The standard InChI is InChI=1S/C36H47ClN2O7/c1-3-4-5-6-7-8-9-10-11-12-31(42)39(22-24-13-15-26(37)16-14-24)29-21-28(36(44)38-17-18-40)32-27-19-25(23-41)20-30(45-2)34(27)46-35(32)33(29)43/h13-16,19-21,23,29,32-33,35,40,43H,3-12,17-18,22H2,1-2H3,(H,38,44). The quantitative estimate of drug-likeness (QED) is 0.138. The van der Waals surface area contributed by atoms with Gasteiger partial charge in [-0.3, -0.25) is 14.4 Å². The highest BCUT2D eigenvalue weighted by atomic mass is 35.5. The molecule has 1 aliphatic heterocycles. The normalized spacial score (nSPS) is 19.8. The zero-order valence-electron chi connectivity index (χ0n) is 26.9. The first-order valence-corrected chi connectivity index (χ1v) is 16.9. The molecule has 1 heterocycles. The number of fused-ring (bicyclic) bond motifs is 3. The second-order valence-corrected chi connectivity index (χ2v) is 12.6. The van der Waals surface area contributed by atoms with Gasteiger partial charge >= 0.3 is 0 Å². The van der Waals surface area contributed by atoms with Gasteiger partial charge in [0.05, 0.1) is 25.7 Å². The molecule has 0 radical (unpaired) electrons. The Bertz CT molecular complexity index is 1360. The van der Waals surface area contributed by atoms with E-state index in [1.54, 1.807) is 35.2 Å². The summed E-state index contributed by atoms with van der Waals surface area (Å²) in [7, 11) is 1.46. The predicted octanol–water partition coefficient (Wildman–Crippen LogP) is 5.73. The number of rotatable bonds is 18. The number of unbranched alkanes of at least 4 members (excludes halogenated alkanes) is 8. The topological polar surface area (TPSA) is 125 Å². The fraction of sp³-hybridized carbons (Fsp3) is 0.528. The molecular weight excluding hydrogens is 608 g/mol. The van der Waals surface area contributed by atoms with Crippen LogP contribution in [0.5, 0.6) is 11.5 Å². The Morgan fingerprint density at radius 3 is 2.35 bits per heavy atom. The Balaban J connectivity index is 1.62. The largest absolute Gasteiger partial charge is 0.493 e. The minimum Gasteiger partial charge on any atom is -0.493 e. The number of nitrogens with one attached hydrogen (secondary N) is 1. The molecule has 4 rings (SSSR count). The van der Waals surface area contributed by atoms with Crippen molar-refractivity contribution in [1.29, 1.82) is 0 Å². The number of carbonyl (C=O) groups is 3. The molecule has 46 heavy (non-hydrogen) atoms. The van der Waals surface area contributed by atoms with Crippen molar-refractivity contribution in [1.82, 2.24) is 10.2 Å². The van der Waals surface area contributed by atoms with Crippen LogP contribution in [0.2, 0.25) is 5.02 Å². The summed E-state index contributed by atoms with van der Waals surface area (Å²) in [5.74, 6) is -0.659. The summed E-state index contributed by atoms with van der Waals surface area (Å²) in [6.45, 7) is 2.18. The number of benzene rings is 2. The lowest BCUT2D eigenvalue weighted by Crippen LogP contribution is -2.55. The van der Waals surface area contributed by atoms with E-state index in [-0.39, 0.29) is 31.2 Å². The maximum Gasteiger partial charge on any atom is 0.247 e. The van der Waals surface area contributed by atoms with E-state index in [0.29, 0.717) is 40.4 Å². The lowest BCUT2D eigenvalue weighted by molar-refractivity contribution is -0.138. The molecule has 2 aromatic carbocycles. The van der Waals surface area contributed by atoms with Gasteiger partial charge < -0.3 is 29.9 Å². The molecule has 9 nitrogen and oxygen atoms in total. The molecule has 4 atom stereocenters. The number of hydrogen-bond acceptors (Lipinski definition) is 7. The van der Waals surface area contributed by atoms with Crippen molar-refractivity contribution in [3.8, 4) is 11.5 Å². The van der Waals surface area contributed by atoms with Crippen LogP contribution in [0.1, 0.15) is 98.5 Å². The monoisotopic (exact) mass is 654 g/mol. The Labute approximate surface area is 276 Å².